The zero-order chi connectivity index (χ0) is 24.9. The molecule has 0 fully saturated rings. The largest absolute Gasteiger partial charge is 0.493 e. The summed E-state index contributed by atoms with van der Waals surface area (Å²) in [5.74, 6) is 0.278. The zero-order valence-electron chi connectivity index (χ0n) is 19.1. The number of aromatic amines is 1. The van der Waals surface area contributed by atoms with Crippen LogP contribution in [0.4, 0.5) is 11.5 Å². The van der Waals surface area contributed by atoms with Crippen molar-refractivity contribution < 1.29 is 28.5 Å². The molecule has 0 unspecified atom stereocenters. The summed E-state index contributed by atoms with van der Waals surface area (Å²) in [5.41, 5.74) is 3.11. The molecule has 178 valence electrons. The van der Waals surface area contributed by atoms with Gasteiger partial charge in [-0.1, -0.05) is 6.07 Å². The Morgan fingerprint density at radius 3 is 2.66 bits per heavy atom. The highest BCUT2D eigenvalue weighted by molar-refractivity contribution is 5.91. The highest BCUT2D eigenvalue weighted by atomic mass is 16.6. The number of nitrogens with one attached hydrogen (secondary N) is 2. The van der Waals surface area contributed by atoms with Crippen molar-refractivity contribution in [3.05, 3.63) is 59.8 Å². The third kappa shape index (κ3) is 4.58. The number of methoxy groups -OCH3 is 3. The van der Waals surface area contributed by atoms with Crippen LogP contribution in [0.5, 0.6) is 11.5 Å². The number of anilines is 2. The fourth-order valence-electron chi connectivity index (χ4n) is 3.44. The lowest BCUT2D eigenvalue weighted by atomic mass is 10.1. The number of aromatic nitrogens is 3. The summed E-state index contributed by atoms with van der Waals surface area (Å²) in [5, 5.41) is 17.1. The molecule has 0 aliphatic carbocycles. The Morgan fingerprint density at radius 2 is 1.94 bits per heavy atom. The number of nitriles is 1. The second-order valence-electron chi connectivity index (χ2n) is 7.21. The molecule has 0 saturated heterocycles. The minimum atomic E-state index is -0.522. The van der Waals surface area contributed by atoms with Gasteiger partial charge in [0.05, 0.1) is 38.8 Å². The number of benzene rings is 2. The van der Waals surface area contributed by atoms with E-state index in [-0.39, 0.29) is 6.61 Å². The molecule has 35 heavy (non-hydrogen) atoms. The van der Waals surface area contributed by atoms with Gasteiger partial charge < -0.3 is 29.2 Å². The Balaban J connectivity index is 1.78. The molecule has 0 amide bonds. The number of ether oxygens (including phenoxy) is 4. The maximum absolute atomic E-state index is 12.0. The van der Waals surface area contributed by atoms with Crippen molar-refractivity contribution in [1.82, 2.24) is 14.6 Å². The molecule has 0 atom stereocenters. The smallest absolute Gasteiger partial charge is 0.343 e. The van der Waals surface area contributed by atoms with Gasteiger partial charge in [0.1, 0.15) is 11.6 Å². The number of rotatable bonds is 8. The molecule has 2 aromatic heterocycles. The zero-order valence-corrected chi connectivity index (χ0v) is 19.1. The van der Waals surface area contributed by atoms with Gasteiger partial charge in [-0.2, -0.15) is 14.9 Å². The van der Waals surface area contributed by atoms with Crippen molar-refractivity contribution in [3.8, 4) is 28.8 Å². The number of carbonyl (C=O) groups is 2. The van der Waals surface area contributed by atoms with Crippen LogP contribution in [0.15, 0.2) is 48.7 Å². The summed E-state index contributed by atoms with van der Waals surface area (Å²) in [7, 11) is 4.07. The van der Waals surface area contributed by atoms with Crippen LogP contribution in [0.25, 0.3) is 16.9 Å². The first-order valence-electron chi connectivity index (χ1n) is 10.3. The molecule has 4 rings (SSSR count). The molecule has 2 heterocycles. The lowest BCUT2D eigenvalue weighted by molar-refractivity contribution is -0.142. The summed E-state index contributed by atoms with van der Waals surface area (Å²) >= 11 is 0. The fraction of sp³-hybridized carbons (Fsp3) is 0.167. The van der Waals surface area contributed by atoms with Crippen LogP contribution in [-0.2, 0) is 14.3 Å². The van der Waals surface area contributed by atoms with Crippen LogP contribution in [0, 0.1) is 11.3 Å². The van der Waals surface area contributed by atoms with Gasteiger partial charge in [0.25, 0.3) is 0 Å². The average molecular weight is 475 g/mol. The second kappa shape index (κ2) is 9.88. The van der Waals surface area contributed by atoms with Gasteiger partial charge in [0.2, 0.25) is 0 Å². The Bertz CT molecular complexity index is 1450. The number of fused-ring (bicyclic) bond motifs is 1. The minimum absolute atomic E-state index is 0.266. The van der Waals surface area contributed by atoms with Gasteiger partial charge in [-0.05, 0) is 36.4 Å². The number of hydrogen-bond acceptors (Lipinski definition) is 9. The third-order valence-corrected chi connectivity index (χ3v) is 5.15. The lowest BCUT2D eigenvalue weighted by Gasteiger charge is -2.13. The lowest BCUT2D eigenvalue weighted by Crippen LogP contribution is -2.12. The quantitative estimate of drug-likeness (QED) is 0.367. The van der Waals surface area contributed by atoms with Crippen molar-refractivity contribution in [1.29, 1.82) is 5.26 Å². The number of imidazole rings is 1. The van der Waals surface area contributed by atoms with Gasteiger partial charge >= 0.3 is 11.9 Å². The van der Waals surface area contributed by atoms with Crippen LogP contribution in [-0.4, -0.2) is 54.5 Å². The highest BCUT2D eigenvalue weighted by Crippen LogP contribution is 2.37. The molecular formula is C24H21N5O6. The van der Waals surface area contributed by atoms with Crippen molar-refractivity contribution in [2.75, 3.05) is 33.3 Å². The molecule has 11 heteroatoms. The first-order valence-corrected chi connectivity index (χ1v) is 10.3. The maximum atomic E-state index is 12.0. The van der Waals surface area contributed by atoms with Crippen LogP contribution in [0.3, 0.4) is 0 Å². The van der Waals surface area contributed by atoms with E-state index in [0.29, 0.717) is 51.0 Å². The molecular weight excluding hydrogens is 454 g/mol. The summed E-state index contributed by atoms with van der Waals surface area (Å²) in [4.78, 5) is 26.6. The van der Waals surface area contributed by atoms with Crippen molar-refractivity contribution in [2.45, 2.75) is 0 Å². The number of carbonyl (C=O) groups excluding carboxylic acids is 2. The van der Waals surface area contributed by atoms with E-state index in [1.54, 1.807) is 47.0 Å². The number of nitrogens with zero attached hydrogens (tertiary/aromatic N) is 3. The molecule has 0 spiro atoms. The van der Waals surface area contributed by atoms with Crippen molar-refractivity contribution in [3.63, 3.8) is 0 Å². The third-order valence-electron chi connectivity index (χ3n) is 5.15. The molecule has 0 aliphatic rings. The SMILES string of the molecule is COC(=O)COc1ccc(-c2[nH]c3c(C#N)cnn3c2Nc2cccc(C(=O)OC)c2)cc1OC. The molecule has 0 aliphatic heterocycles. The standard InChI is InChI=1S/C24H21N5O6/c1-32-19-10-14(7-8-18(19)35-13-20(30)33-2)21-23(29-22(28-21)16(11-25)12-26-29)27-17-6-4-5-15(9-17)24(31)34-3/h4-10,12,27-28H,13H2,1-3H3. The summed E-state index contributed by atoms with van der Waals surface area (Å²) in [6.45, 7) is -0.266. The molecule has 2 aromatic carbocycles. The van der Waals surface area contributed by atoms with E-state index in [0.717, 1.165) is 0 Å². The van der Waals surface area contributed by atoms with E-state index in [2.05, 4.69) is 26.2 Å². The van der Waals surface area contributed by atoms with Gasteiger partial charge in [-0.3, -0.25) is 0 Å². The monoisotopic (exact) mass is 475 g/mol. The Morgan fingerprint density at radius 1 is 1.11 bits per heavy atom. The summed E-state index contributed by atoms with van der Waals surface area (Å²) in [6, 6.07) is 14.1. The van der Waals surface area contributed by atoms with E-state index >= 15 is 0 Å². The normalized spacial score (nSPS) is 10.5. The Labute approximate surface area is 199 Å². The fourth-order valence-corrected chi connectivity index (χ4v) is 3.44. The molecule has 0 bridgehead atoms. The van der Waals surface area contributed by atoms with Gasteiger partial charge in [0.15, 0.2) is 29.6 Å². The van der Waals surface area contributed by atoms with Gasteiger partial charge in [-0.25, -0.2) is 9.59 Å². The van der Waals surface area contributed by atoms with Crippen molar-refractivity contribution in [2.24, 2.45) is 0 Å². The van der Waals surface area contributed by atoms with Gasteiger partial charge in [-0.15, -0.1) is 0 Å². The minimum Gasteiger partial charge on any atom is -0.493 e. The molecule has 4 aromatic rings. The van der Waals surface area contributed by atoms with Crippen LogP contribution < -0.4 is 14.8 Å². The number of hydrogen-bond donors (Lipinski definition) is 2. The Kier molecular flexibility index (Phi) is 6.55. The Hall–Kier alpha value is -4.98. The molecule has 2 N–H and O–H groups in total. The predicted octanol–water partition coefficient (Wildman–Crippen LogP) is 3.29. The van der Waals surface area contributed by atoms with Crippen LogP contribution in [0.2, 0.25) is 0 Å². The molecule has 0 saturated carbocycles. The molecule has 11 nitrogen and oxygen atoms in total. The summed E-state index contributed by atoms with van der Waals surface area (Å²) < 4.78 is 21.9. The van der Waals surface area contributed by atoms with Crippen LogP contribution in [0.1, 0.15) is 15.9 Å². The van der Waals surface area contributed by atoms with E-state index in [4.69, 9.17) is 14.2 Å². The maximum Gasteiger partial charge on any atom is 0.343 e. The first kappa shape index (κ1) is 23.2. The summed E-state index contributed by atoms with van der Waals surface area (Å²) in [6.07, 6.45) is 1.45. The highest BCUT2D eigenvalue weighted by Gasteiger charge is 2.20. The molecule has 0 radical (unpaired) electrons. The van der Waals surface area contributed by atoms with E-state index in [1.807, 2.05) is 0 Å². The second-order valence-corrected chi connectivity index (χ2v) is 7.21. The van der Waals surface area contributed by atoms with E-state index in [1.165, 1.54) is 27.5 Å². The first-order chi connectivity index (χ1) is 17.0. The van der Waals surface area contributed by atoms with Crippen LogP contribution >= 0.6 is 0 Å². The number of esters is 2. The topological polar surface area (TPSA) is 140 Å². The predicted molar refractivity (Wildman–Crippen MR) is 125 cm³/mol. The van der Waals surface area contributed by atoms with Gasteiger partial charge in [0, 0.05) is 11.3 Å². The van der Waals surface area contributed by atoms with Crippen molar-refractivity contribution >= 4 is 29.1 Å². The number of H-pyrrole nitrogens is 1. The average Bonchev–Trinajstić information content (AvgIpc) is 3.46. The van der Waals surface area contributed by atoms with E-state index < -0.39 is 11.9 Å². The van der Waals surface area contributed by atoms with E-state index in [9.17, 15) is 14.9 Å².